The third-order valence-corrected chi connectivity index (χ3v) is 4.97. The van der Waals surface area contributed by atoms with Crippen LogP contribution in [0.15, 0.2) is 42.6 Å². The van der Waals surface area contributed by atoms with Crippen LogP contribution in [-0.4, -0.2) is 34.3 Å². The molecule has 0 fully saturated rings. The van der Waals surface area contributed by atoms with Gasteiger partial charge >= 0.3 is 6.01 Å². The molecule has 0 radical (unpaired) electrons. The molecule has 0 bridgehead atoms. The third-order valence-electron chi connectivity index (χ3n) is 4.76. The lowest BCUT2D eigenvalue weighted by Gasteiger charge is -2.17. The molecule has 0 aliphatic carbocycles. The first-order valence-corrected chi connectivity index (χ1v) is 9.60. The molecule has 0 atom stereocenters. The van der Waals surface area contributed by atoms with Crippen molar-refractivity contribution in [2.24, 2.45) is 0 Å². The van der Waals surface area contributed by atoms with Crippen LogP contribution in [0.25, 0.3) is 22.0 Å². The molecule has 0 unspecified atom stereocenters. The number of halogens is 2. The van der Waals surface area contributed by atoms with E-state index in [0.29, 0.717) is 38.5 Å². The molecule has 0 spiro atoms. The van der Waals surface area contributed by atoms with Crippen molar-refractivity contribution in [3.8, 4) is 28.6 Å². The Morgan fingerprint density at radius 3 is 2.58 bits per heavy atom. The smallest absolute Gasteiger partial charge is 0.318 e. The first-order valence-electron chi connectivity index (χ1n) is 9.22. The van der Waals surface area contributed by atoms with Gasteiger partial charge in [-0.3, -0.25) is 0 Å². The van der Waals surface area contributed by atoms with Crippen LogP contribution in [0.1, 0.15) is 5.56 Å². The number of aromatic nitrogens is 3. The molecule has 7 nitrogen and oxygen atoms in total. The third kappa shape index (κ3) is 3.89. The first-order chi connectivity index (χ1) is 14.9. The Balaban J connectivity index is 2.03. The Morgan fingerprint density at radius 2 is 1.87 bits per heavy atom. The molecular formula is C22H18ClFN4O3. The van der Waals surface area contributed by atoms with Crippen molar-refractivity contribution in [3.63, 3.8) is 0 Å². The van der Waals surface area contributed by atoms with Crippen LogP contribution in [0, 0.1) is 12.7 Å². The Hall–Kier alpha value is -3.65. The van der Waals surface area contributed by atoms with E-state index in [1.807, 2.05) is 0 Å². The minimum atomic E-state index is -0.544. The highest BCUT2D eigenvalue weighted by atomic mass is 35.5. The summed E-state index contributed by atoms with van der Waals surface area (Å²) in [5, 5.41) is 13.9. The number of benzene rings is 2. The van der Waals surface area contributed by atoms with Gasteiger partial charge in [0, 0.05) is 17.8 Å². The van der Waals surface area contributed by atoms with Gasteiger partial charge in [0.15, 0.2) is 0 Å². The molecule has 9 heteroatoms. The number of pyridine rings is 1. The van der Waals surface area contributed by atoms with Crippen LogP contribution < -0.4 is 14.8 Å². The van der Waals surface area contributed by atoms with Gasteiger partial charge in [0.25, 0.3) is 0 Å². The van der Waals surface area contributed by atoms with E-state index >= 15 is 0 Å². The maximum absolute atomic E-state index is 14.6. The number of aromatic hydroxyl groups is 1. The maximum atomic E-state index is 14.6. The molecule has 0 saturated carbocycles. The lowest BCUT2D eigenvalue weighted by molar-refractivity contribution is 0.382. The fraction of sp³-hybridized carbons (Fsp3) is 0.136. The van der Waals surface area contributed by atoms with Gasteiger partial charge in [-0.05, 0) is 48.4 Å². The van der Waals surface area contributed by atoms with Crippen LogP contribution in [-0.2, 0) is 0 Å². The normalized spacial score (nSPS) is 10.9. The highest BCUT2D eigenvalue weighted by molar-refractivity contribution is 6.29. The lowest BCUT2D eigenvalue weighted by Crippen LogP contribution is -2.03. The van der Waals surface area contributed by atoms with E-state index in [4.69, 9.17) is 21.1 Å². The van der Waals surface area contributed by atoms with Gasteiger partial charge in [-0.15, -0.1) is 0 Å². The van der Waals surface area contributed by atoms with Crippen molar-refractivity contribution >= 4 is 34.0 Å². The van der Waals surface area contributed by atoms with Gasteiger partial charge in [-0.2, -0.15) is 9.97 Å². The number of hydrogen-bond donors (Lipinski definition) is 2. The van der Waals surface area contributed by atoms with Crippen LogP contribution in [0.2, 0.25) is 5.15 Å². The number of rotatable bonds is 5. The van der Waals surface area contributed by atoms with E-state index in [-0.39, 0.29) is 23.3 Å². The number of nitrogens with zero attached hydrogens (tertiary/aromatic N) is 3. The van der Waals surface area contributed by atoms with Crippen molar-refractivity contribution in [1.82, 2.24) is 15.0 Å². The highest BCUT2D eigenvalue weighted by Gasteiger charge is 2.20. The van der Waals surface area contributed by atoms with E-state index in [0.717, 1.165) is 0 Å². The van der Waals surface area contributed by atoms with E-state index in [1.54, 1.807) is 44.5 Å². The summed E-state index contributed by atoms with van der Waals surface area (Å²) in [4.78, 5) is 12.8. The summed E-state index contributed by atoms with van der Waals surface area (Å²) < 4.78 is 25.4. The minimum Gasteiger partial charge on any atom is -0.508 e. The van der Waals surface area contributed by atoms with Gasteiger partial charge < -0.3 is 19.9 Å². The standard InChI is InChI=1S/C22H18ClFN4O3/c1-11-8-13(24)15(10-16(11)29)26-21-20-14(27-22(28-21)31-3)4-5-17(30-2)19(20)12-6-7-25-18(23)9-12/h4-10,29H,1-3H3,(H,26,27,28). The molecule has 0 aliphatic rings. The second kappa shape index (κ2) is 8.23. The topological polar surface area (TPSA) is 89.4 Å². The number of anilines is 2. The summed E-state index contributed by atoms with van der Waals surface area (Å²) in [6, 6.07) is 9.60. The Kier molecular flexibility index (Phi) is 5.48. The molecule has 2 aromatic carbocycles. The Bertz CT molecular complexity index is 1300. The zero-order chi connectivity index (χ0) is 22.1. The van der Waals surface area contributed by atoms with Crippen molar-refractivity contribution in [3.05, 3.63) is 59.1 Å². The van der Waals surface area contributed by atoms with E-state index in [2.05, 4.69) is 20.3 Å². The molecule has 158 valence electrons. The van der Waals surface area contributed by atoms with Crippen molar-refractivity contribution in [2.75, 3.05) is 19.5 Å². The summed E-state index contributed by atoms with van der Waals surface area (Å²) in [5.74, 6) is 0.218. The molecule has 2 heterocycles. The number of hydrogen-bond acceptors (Lipinski definition) is 7. The number of phenols is 1. The fourth-order valence-electron chi connectivity index (χ4n) is 3.27. The van der Waals surface area contributed by atoms with Crippen molar-refractivity contribution in [2.45, 2.75) is 6.92 Å². The molecule has 4 rings (SSSR count). The van der Waals surface area contributed by atoms with Crippen molar-refractivity contribution in [1.29, 1.82) is 0 Å². The van der Waals surface area contributed by atoms with Gasteiger partial charge in [0.2, 0.25) is 0 Å². The van der Waals surface area contributed by atoms with Crippen LogP contribution in [0.4, 0.5) is 15.9 Å². The van der Waals surface area contributed by atoms with Gasteiger partial charge in [0.1, 0.15) is 28.3 Å². The second-order valence-electron chi connectivity index (χ2n) is 6.71. The number of methoxy groups -OCH3 is 2. The number of ether oxygens (including phenoxy) is 2. The number of fused-ring (bicyclic) bond motifs is 1. The molecule has 4 aromatic rings. The first kappa shape index (κ1) is 20.6. The summed E-state index contributed by atoms with van der Waals surface area (Å²) in [6.07, 6.45) is 1.57. The summed E-state index contributed by atoms with van der Waals surface area (Å²) in [7, 11) is 2.99. The van der Waals surface area contributed by atoms with E-state index in [9.17, 15) is 9.50 Å². The summed E-state index contributed by atoms with van der Waals surface area (Å²) in [5.41, 5.74) is 2.36. The quantitative estimate of drug-likeness (QED) is 0.409. The van der Waals surface area contributed by atoms with E-state index < -0.39 is 5.82 Å². The lowest BCUT2D eigenvalue weighted by atomic mass is 10.00. The maximum Gasteiger partial charge on any atom is 0.318 e. The molecular weight excluding hydrogens is 423 g/mol. The zero-order valence-corrected chi connectivity index (χ0v) is 17.7. The monoisotopic (exact) mass is 440 g/mol. The molecule has 0 aliphatic heterocycles. The number of nitrogens with one attached hydrogen (secondary N) is 1. The molecule has 2 N–H and O–H groups in total. The predicted octanol–water partition coefficient (Wildman–Crippen LogP) is 5.26. The highest BCUT2D eigenvalue weighted by Crippen LogP contribution is 2.41. The van der Waals surface area contributed by atoms with E-state index in [1.165, 1.54) is 19.2 Å². The molecule has 0 saturated heterocycles. The largest absolute Gasteiger partial charge is 0.508 e. The molecule has 2 aromatic heterocycles. The number of aryl methyl sites for hydroxylation is 1. The second-order valence-corrected chi connectivity index (χ2v) is 7.09. The SMILES string of the molecule is COc1nc(Nc2cc(O)c(C)cc2F)c2c(-c3ccnc(Cl)c3)c(OC)ccc2n1. The summed E-state index contributed by atoms with van der Waals surface area (Å²) >= 11 is 6.12. The Morgan fingerprint density at radius 1 is 1.06 bits per heavy atom. The average molecular weight is 441 g/mol. The van der Waals surface area contributed by atoms with Crippen LogP contribution in [0.3, 0.4) is 0 Å². The van der Waals surface area contributed by atoms with Gasteiger partial charge in [-0.25, -0.2) is 9.37 Å². The van der Waals surface area contributed by atoms with Crippen LogP contribution >= 0.6 is 11.6 Å². The van der Waals surface area contributed by atoms with Gasteiger partial charge in [0.05, 0.1) is 30.8 Å². The fourth-order valence-corrected chi connectivity index (χ4v) is 3.44. The number of phenolic OH excluding ortho intramolecular Hbond substituents is 1. The molecule has 0 amide bonds. The summed E-state index contributed by atoms with van der Waals surface area (Å²) in [6.45, 7) is 1.61. The van der Waals surface area contributed by atoms with Crippen LogP contribution in [0.5, 0.6) is 17.5 Å². The average Bonchev–Trinajstić information content (AvgIpc) is 2.76. The molecule has 31 heavy (non-hydrogen) atoms. The zero-order valence-electron chi connectivity index (χ0n) is 16.9. The van der Waals surface area contributed by atoms with Crippen molar-refractivity contribution < 1.29 is 19.0 Å². The van der Waals surface area contributed by atoms with Gasteiger partial charge in [-0.1, -0.05) is 11.6 Å². The predicted molar refractivity (Wildman–Crippen MR) is 117 cm³/mol. The minimum absolute atomic E-state index is 0.0479. The Labute approximate surface area is 182 Å².